The normalized spacial score (nSPS) is 11.4. The first-order valence-electron chi connectivity index (χ1n) is 5.50. The van der Waals surface area contributed by atoms with Gasteiger partial charge in [0.15, 0.2) is 0 Å². The van der Waals surface area contributed by atoms with E-state index in [1.165, 1.54) is 12.1 Å². The van der Waals surface area contributed by atoms with Crippen molar-refractivity contribution in [1.82, 2.24) is 9.97 Å². The summed E-state index contributed by atoms with van der Waals surface area (Å²) in [5.74, 6) is 0.994. The van der Waals surface area contributed by atoms with E-state index in [9.17, 15) is 13.2 Å². The summed E-state index contributed by atoms with van der Waals surface area (Å²) in [6, 6.07) is 4.76. The molecule has 0 amide bonds. The monoisotopic (exact) mass is 346 g/mol. The molecule has 0 aliphatic rings. The maximum absolute atomic E-state index is 12.7. The number of anilines is 3. The molecule has 106 valence electrons. The molecule has 0 aliphatic carbocycles. The minimum absolute atomic E-state index is 0.239. The number of hydrogen-bond acceptors (Lipinski definition) is 4. The molecule has 1 aromatic carbocycles. The van der Waals surface area contributed by atoms with Crippen LogP contribution in [0.5, 0.6) is 0 Å². The first kappa shape index (κ1) is 14.6. The Morgan fingerprint density at radius 3 is 2.50 bits per heavy atom. The van der Waals surface area contributed by atoms with Gasteiger partial charge in [0.2, 0.25) is 0 Å². The highest BCUT2D eigenvalue weighted by Crippen LogP contribution is 2.34. The predicted molar refractivity (Wildman–Crippen MR) is 73.6 cm³/mol. The summed E-state index contributed by atoms with van der Waals surface area (Å²) in [6.45, 7) is 1.64. The fourth-order valence-corrected chi connectivity index (χ4v) is 1.94. The van der Waals surface area contributed by atoms with Crippen LogP contribution in [-0.4, -0.2) is 9.97 Å². The van der Waals surface area contributed by atoms with E-state index in [0.29, 0.717) is 16.1 Å². The van der Waals surface area contributed by atoms with Crippen molar-refractivity contribution in [3.05, 3.63) is 40.1 Å². The number of aromatic nitrogens is 2. The summed E-state index contributed by atoms with van der Waals surface area (Å²) >= 11 is 3.19. The van der Waals surface area contributed by atoms with Crippen molar-refractivity contribution < 1.29 is 13.2 Å². The van der Waals surface area contributed by atoms with Crippen molar-refractivity contribution in [2.24, 2.45) is 0 Å². The van der Waals surface area contributed by atoms with E-state index >= 15 is 0 Å². The maximum atomic E-state index is 12.7. The van der Waals surface area contributed by atoms with Crippen LogP contribution in [0.2, 0.25) is 0 Å². The van der Waals surface area contributed by atoms with Gasteiger partial charge < -0.3 is 11.1 Å². The molecule has 0 aliphatic heterocycles. The van der Waals surface area contributed by atoms with E-state index in [0.717, 1.165) is 12.1 Å². The Morgan fingerprint density at radius 1 is 1.20 bits per heavy atom. The molecule has 0 fully saturated rings. The topological polar surface area (TPSA) is 63.8 Å². The number of benzene rings is 1. The first-order valence-corrected chi connectivity index (χ1v) is 6.30. The molecule has 1 heterocycles. The van der Waals surface area contributed by atoms with Crippen LogP contribution in [0.4, 0.5) is 30.5 Å². The van der Waals surface area contributed by atoms with Crippen LogP contribution in [0.1, 0.15) is 11.4 Å². The summed E-state index contributed by atoms with van der Waals surface area (Å²) in [5, 5.41) is 2.79. The quantitative estimate of drug-likeness (QED) is 0.865. The molecule has 0 atom stereocenters. The molecule has 0 radical (unpaired) electrons. The Labute approximate surface area is 121 Å². The molecule has 0 saturated carbocycles. The molecule has 0 bridgehead atoms. The number of halogens is 4. The van der Waals surface area contributed by atoms with Gasteiger partial charge in [-0.3, -0.25) is 0 Å². The van der Waals surface area contributed by atoms with Crippen molar-refractivity contribution in [3.8, 4) is 0 Å². The van der Waals surface area contributed by atoms with Gasteiger partial charge in [-0.05, 0) is 41.1 Å². The number of nitrogens with one attached hydrogen (secondary N) is 1. The van der Waals surface area contributed by atoms with Gasteiger partial charge in [0, 0.05) is 10.5 Å². The molecule has 8 heteroatoms. The summed E-state index contributed by atoms with van der Waals surface area (Å²) < 4.78 is 38.5. The van der Waals surface area contributed by atoms with Crippen molar-refractivity contribution in [1.29, 1.82) is 0 Å². The number of rotatable bonds is 2. The second kappa shape index (κ2) is 5.28. The molecule has 3 N–H and O–H groups in total. The predicted octanol–water partition coefficient (Wildman–Crippen LogP) is 3.89. The molecule has 4 nitrogen and oxygen atoms in total. The standard InChI is InChI=1S/C12H10BrF3N4/c1-6-18-10(17)5-11(19-6)20-9-4-7(12(14,15)16)2-3-8(9)13/h2-5H,1H3,(H3,17,18,19,20). The van der Waals surface area contributed by atoms with Crippen molar-refractivity contribution >= 4 is 33.3 Å². The van der Waals surface area contributed by atoms with Gasteiger partial charge in [0.1, 0.15) is 17.5 Å². The third kappa shape index (κ3) is 3.38. The summed E-state index contributed by atoms with van der Waals surface area (Å²) in [7, 11) is 0. The molecular weight excluding hydrogens is 337 g/mol. The van der Waals surface area contributed by atoms with E-state index < -0.39 is 11.7 Å². The molecular formula is C12H10BrF3N4. The van der Waals surface area contributed by atoms with Crippen LogP contribution in [0, 0.1) is 6.92 Å². The lowest BCUT2D eigenvalue weighted by atomic mass is 10.2. The zero-order chi connectivity index (χ0) is 14.9. The van der Waals surface area contributed by atoms with Crippen molar-refractivity contribution in [2.75, 3.05) is 11.1 Å². The average Bonchev–Trinajstić information content (AvgIpc) is 2.29. The summed E-state index contributed by atoms with van der Waals surface area (Å²) in [5.41, 5.74) is 5.07. The molecule has 0 unspecified atom stereocenters. The molecule has 2 aromatic rings. The van der Waals surface area contributed by atoms with Crippen LogP contribution in [0.25, 0.3) is 0 Å². The van der Waals surface area contributed by atoms with E-state index in [1.54, 1.807) is 6.92 Å². The van der Waals surface area contributed by atoms with E-state index in [1.807, 2.05) is 0 Å². The highest BCUT2D eigenvalue weighted by molar-refractivity contribution is 9.10. The zero-order valence-electron chi connectivity index (χ0n) is 10.3. The fourth-order valence-electron chi connectivity index (χ4n) is 1.59. The minimum atomic E-state index is -4.41. The third-order valence-corrected chi connectivity index (χ3v) is 3.11. The molecule has 0 spiro atoms. The van der Waals surface area contributed by atoms with E-state index in [-0.39, 0.29) is 11.5 Å². The van der Waals surface area contributed by atoms with Crippen molar-refractivity contribution in [3.63, 3.8) is 0 Å². The number of nitrogen functional groups attached to an aromatic ring is 1. The maximum Gasteiger partial charge on any atom is 0.416 e. The molecule has 2 rings (SSSR count). The van der Waals surface area contributed by atoms with Gasteiger partial charge in [0.25, 0.3) is 0 Å². The Morgan fingerprint density at radius 2 is 1.90 bits per heavy atom. The lowest BCUT2D eigenvalue weighted by Crippen LogP contribution is -2.06. The van der Waals surface area contributed by atoms with Crippen LogP contribution in [-0.2, 0) is 6.18 Å². The number of aryl methyl sites for hydroxylation is 1. The summed E-state index contributed by atoms with van der Waals surface area (Å²) in [4.78, 5) is 7.95. The smallest absolute Gasteiger partial charge is 0.384 e. The lowest BCUT2D eigenvalue weighted by molar-refractivity contribution is -0.137. The van der Waals surface area contributed by atoms with Gasteiger partial charge in [-0.25, -0.2) is 9.97 Å². The van der Waals surface area contributed by atoms with E-state index in [4.69, 9.17) is 5.73 Å². The van der Waals surface area contributed by atoms with Gasteiger partial charge in [0.05, 0.1) is 11.3 Å². The Balaban J connectivity index is 2.37. The molecule has 1 aromatic heterocycles. The average molecular weight is 347 g/mol. The first-order chi connectivity index (χ1) is 9.25. The van der Waals surface area contributed by atoms with Crippen LogP contribution >= 0.6 is 15.9 Å². The highest BCUT2D eigenvalue weighted by Gasteiger charge is 2.30. The SMILES string of the molecule is Cc1nc(N)cc(Nc2cc(C(F)(F)F)ccc2Br)n1. The van der Waals surface area contributed by atoms with Crippen molar-refractivity contribution in [2.45, 2.75) is 13.1 Å². The van der Waals surface area contributed by atoms with E-state index in [2.05, 4.69) is 31.2 Å². The van der Waals surface area contributed by atoms with Crippen LogP contribution in [0.3, 0.4) is 0 Å². The third-order valence-electron chi connectivity index (χ3n) is 2.41. The lowest BCUT2D eigenvalue weighted by Gasteiger charge is -2.12. The Hall–Kier alpha value is -1.83. The fraction of sp³-hybridized carbons (Fsp3) is 0.167. The zero-order valence-corrected chi connectivity index (χ0v) is 11.9. The Kier molecular flexibility index (Phi) is 3.85. The number of nitrogens with two attached hydrogens (primary N) is 1. The highest BCUT2D eigenvalue weighted by atomic mass is 79.9. The van der Waals surface area contributed by atoms with Gasteiger partial charge in [-0.1, -0.05) is 0 Å². The number of nitrogens with zero attached hydrogens (tertiary/aromatic N) is 2. The number of hydrogen-bond donors (Lipinski definition) is 2. The molecule has 0 saturated heterocycles. The van der Waals surface area contributed by atoms with Crippen LogP contribution < -0.4 is 11.1 Å². The second-order valence-electron chi connectivity index (χ2n) is 4.04. The van der Waals surface area contributed by atoms with Crippen LogP contribution in [0.15, 0.2) is 28.7 Å². The minimum Gasteiger partial charge on any atom is -0.384 e. The number of alkyl halides is 3. The van der Waals surface area contributed by atoms with Gasteiger partial charge in [-0.2, -0.15) is 13.2 Å². The van der Waals surface area contributed by atoms with Gasteiger partial charge in [-0.15, -0.1) is 0 Å². The summed E-state index contributed by atoms with van der Waals surface area (Å²) in [6.07, 6.45) is -4.41. The molecule has 20 heavy (non-hydrogen) atoms. The Bertz CT molecular complexity index is 623. The largest absolute Gasteiger partial charge is 0.416 e. The second-order valence-corrected chi connectivity index (χ2v) is 4.90. The van der Waals surface area contributed by atoms with Gasteiger partial charge >= 0.3 is 6.18 Å².